The molecule has 1 saturated heterocycles. The van der Waals surface area contributed by atoms with Crippen LogP contribution in [-0.4, -0.2) is 120 Å². The molecule has 3 N–H and O–H groups in total. The third kappa shape index (κ3) is 10.6. The molecule has 0 aliphatic carbocycles. The van der Waals surface area contributed by atoms with E-state index >= 15 is 0 Å². The Labute approximate surface area is 325 Å². The van der Waals surface area contributed by atoms with Gasteiger partial charge in [0, 0.05) is 24.6 Å². The van der Waals surface area contributed by atoms with Crippen molar-refractivity contribution in [3.05, 3.63) is 47.2 Å². The first-order valence-corrected chi connectivity index (χ1v) is 19.4. The summed E-state index contributed by atoms with van der Waals surface area (Å²) in [7, 11) is 3.74. The molecule has 0 spiro atoms. The largest absolute Gasteiger partial charge is 0.459 e. The summed E-state index contributed by atoms with van der Waals surface area (Å²) in [5.41, 5.74) is -1.03. The highest BCUT2D eigenvalue weighted by molar-refractivity contribution is 6.00. The Balaban J connectivity index is 1.95. The smallest absolute Gasteiger partial charge is 0.316 e. The second-order valence-electron chi connectivity index (χ2n) is 16.2. The number of fused-ring (bicyclic) bond motifs is 4. The number of esters is 1. The molecule has 0 radical (unpaired) electrons. The van der Waals surface area contributed by atoms with Gasteiger partial charge in [-0.3, -0.25) is 14.4 Å². The molecule has 3 heterocycles. The summed E-state index contributed by atoms with van der Waals surface area (Å²) in [6.45, 7) is 15.0. The number of hydrogen-bond acceptors (Lipinski definition) is 13. The number of amides is 1. The van der Waals surface area contributed by atoms with E-state index in [2.05, 4.69) is 10.5 Å². The molecule has 0 aromatic heterocycles. The van der Waals surface area contributed by atoms with Gasteiger partial charge in [-0.25, -0.2) is 0 Å². The fourth-order valence-corrected chi connectivity index (χ4v) is 8.21. The third-order valence-electron chi connectivity index (χ3n) is 11.2. The maximum atomic E-state index is 14.4. The van der Waals surface area contributed by atoms with Crippen LogP contribution in [0.15, 0.2) is 46.8 Å². The number of nitrogens with zero attached hydrogens (tertiary/aromatic N) is 2. The molecule has 1 amide bonds. The first kappa shape index (κ1) is 44.5. The lowest BCUT2D eigenvalue weighted by molar-refractivity contribution is -0.296. The molecule has 14 nitrogen and oxygen atoms in total. The standard InChI is InChI=1S/C41H63N3O11/c1-12-32-41(9,49)37-25(4)33(42-28(7)45)23(2)19-40(8,51-22-30(21-50-37)43-52-20-29-16-14-13-15-17-29)36(26(5)34(46)27(6)38(48)54-32)55-39-35(47)31(44(10)11)18-24(3)53-39/h13-17,23-24,26-27,31-32,35-37,39,47,49H,12,18-22H2,1-11H3,(H,42,45)/t23-,24-,26+,27-,31+,32-,35-,36-,37-,39+,40-,41-/m1/s1. The Kier molecular flexibility index (Phi) is 15.2. The van der Waals surface area contributed by atoms with E-state index in [4.69, 9.17) is 28.5 Å². The van der Waals surface area contributed by atoms with E-state index in [0.29, 0.717) is 23.4 Å². The van der Waals surface area contributed by atoms with E-state index in [9.17, 15) is 24.6 Å². The molecule has 55 heavy (non-hydrogen) atoms. The van der Waals surface area contributed by atoms with Crippen molar-refractivity contribution in [1.82, 2.24) is 10.2 Å². The first-order chi connectivity index (χ1) is 25.8. The minimum absolute atomic E-state index is 0.144. The molecule has 2 bridgehead atoms. The number of benzene rings is 1. The molecule has 1 aromatic carbocycles. The molecule has 308 valence electrons. The molecule has 1 aromatic rings. The van der Waals surface area contributed by atoms with Crippen molar-refractivity contribution in [2.45, 2.75) is 142 Å². The zero-order valence-electron chi connectivity index (χ0n) is 34.4. The Hall–Kier alpha value is -3.24. The number of aliphatic hydroxyl groups is 2. The van der Waals surface area contributed by atoms with Gasteiger partial charge < -0.3 is 49.0 Å². The topological polar surface area (TPSA) is 175 Å². The van der Waals surface area contributed by atoms with Crippen molar-refractivity contribution in [3.8, 4) is 0 Å². The van der Waals surface area contributed by atoms with Gasteiger partial charge in [0.15, 0.2) is 12.1 Å². The maximum Gasteiger partial charge on any atom is 0.316 e. The van der Waals surface area contributed by atoms with Gasteiger partial charge in [-0.2, -0.15) is 0 Å². The predicted octanol–water partition coefficient (Wildman–Crippen LogP) is 3.91. The van der Waals surface area contributed by atoms with Crippen molar-refractivity contribution >= 4 is 23.4 Å². The summed E-state index contributed by atoms with van der Waals surface area (Å²) in [6, 6.07) is 9.21. The third-order valence-corrected chi connectivity index (χ3v) is 11.2. The van der Waals surface area contributed by atoms with Crippen LogP contribution in [-0.2, 0) is 49.5 Å². The van der Waals surface area contributed by atoms with Gasteiger partial charge in [-0.15, -0.1) is 0 Å². The molecule has 0 saturated carbocycles. The van der Waals surface area contributed by atoms with E-state index in [1.165, 1.54) is 20.8 Å². The quantitative estimate of drug-likeness (QED) is 0.198. The van der Waals surface area contributed by atoms with Crippen LogP contribution in [0.25, 0.3) is 0 Å². The lowest BCUT2D eigenvalue weighted by Crippen LogP contribution is -2.59. The number of Topliss-reactive ketones (excluding diaryl/α,β-unsaturated/α-hetero) is 1. The van der Waals surface area contributed by atoms with Gasteiger partial charge in [0.05, 0.1) is 31.0 Å². The number of ketones is 1. The van der Waals surface area contributed by atoms with Gasteiger partial charge in [0.1, 0.15) is 42.1 Å². The zero-order valence-corrected chi connectivity index (χ0v) is 34.4. The Morgan fingerprint density at radius 3 is 2.38 bits per heavy atom. The molecule has 3 aliphatic heterocycles. The molecular weight excluding hydrogens is 710 g/mol. The van der Waals surface area contributed by atoms with Gasteiger partial charge in [-0.05, 0) is 85.0 Å². The Bertz CT molecular complexity index is 1550. The molecule has 3 aliphatic rings. The summed E-state index contributed by atoms with van der Waals surface area (Å²) in [5.74, 6) is -4.39. The Morgan fingerprint density at radius 1 is 1.09 bits per heavy atom. The summed E-state index contributed by atoms with van der Waals surface area (Å²) < 4.78 is 32.3. The molecular formula is C41H63N3O11. The fraction of sp³-hybridized carbons (Fsp3) is 0.707. The van der Waals surface area contributed by atoms with Crippen molar-refractivity contribution in [2.75, 3.05) is 27.3 Å². The van der Waals surface area contributed by atoms with Crippen molar-refractivity contribution in [2.24, 2.45) is 22.9 Å². The highest BCUT2D eigenvalue weighted by Gasteiger charge is 2.52. The number of oxime groups is 1. The summed E-state index contributed by atoms with van der Waals surface area (Å²) in [6.07, 6.45) is -4.99. The zero-order chi connectivity index (χ0) is 40.8. The highest BCUT2D eigenvalue weighted by Crippen LogP contribution is 2.40. The molecule has 12 atom stereocenters. The second-order valence-corrected chi connectivity index (χ2v) is 16.2. The van der Waals surface area contributed by atoms with Crippen LogP contribution in [0.2, 0.25) is 0 Å². The number of ether oxygens (including phenoxy) is 5. The number of rotatable bonds is 8. The minimum atomic E-state index is -1.84. The first-order valence-electron chi connectivity index (χ1n) is 19.4. The van der Waals surface area contributed by atoms with E-state index in [-0.39, 0.29) is 50.7 Å². The van der Waals surface area contributed by atoms with E-state index in [1.807, 2.05) is 63.2 Å². The number of carbonyl (C=O) groups is 3. The molecule has 1 fully saturated rings. The van der Waals surface area contributed by atoms with E-state index in [1.54, 1.807) is 27.7 Å². The molecule has 14 heteroatoms. The number of cyclic esters (lactones) is 1. The van der Waals surface area contributed by atoms with Crippen LogP contribution in [0.1, 0.15) is 87.1 Å². The summed E-state index contributed by atoms with van der Waals surface area (Å²) in [5, 5.41) is 31.4. The SMILES string of the molecule is CC[C@H]1OC(=O)[C@H](C)C(=O)[C@H](C)[C@@H](O[C@@H]2O[C@H](C)C[C@H](N(C)C)[C@H]2O)[C@@]2(C)C[C@@H](C)C(NC(C)=O)=C(C)[C@@H](OCC(=NOCc3ccccc3)CO2)[C@]1(C)O. The average molecular weight is 774 g/mol. The van der Waals surface area contributed by atoms with Crippen molar-refractivity contribution in [3.63, 3.8) is 0 Å². The number of aliphatic hydroxyl groups excluding tert-OH is 1. The van der Waals surface area contributed by atoms with Crippen LogP contribution in [0, 0.1) is 17.8 Å². The van der Waals surface area contributed by atoms with E-state index < -0.39 is 71.4 Å². The fourth-order valence-electron chi connectivity index (χ4n) is 8.21. The Morgan fingerprint density at radius 2 is 1.76 bits per heavy atom. The van der Waals surface area contributed by atoms with Crippen LogP contribution in [0.4, 0.5) is 0 Å². The van der Waals surface area contributed by atoms with Crippen LogP contribution < -0.4 is 5.32 Å². The average Bonchev–Trinajstić information content (AvgIpc) is 3.14. The van der Waals surface area contributed by atoms with Gasteiger partial charge >= 0.3 is 5.97 Å². The normalized spacial score (nSPS) is 37.8. The van der Waals surface area contributed by atoms with Gasteiger partial charge in [0.25, 0.3) is 0 Å². The van der Waals surface area contributed by atoms with Crippen LogP contribution >= 0.6 is 0 Å². The summed E-state index contributed by atoms with van der Waals surface area (Å²) in [4.78, 5) is 48.8. The minimum Gasteiger partial charge on any atom is -0.459 e. The number of allylic oxidation sites excluding steroid dienone is 1. The van der Waals surface area contributed by atoms with Crippen molar-refractivity contribution < 1.29 is 53.1 Å². The van der Waals surface area contributed by atoms with E-state index in [0.717, 1.165) is 5.56 Å². The number of likely N-dealkylation sites (N-methyl/N-ethyl adjacent to an activating group) is 1. The van der Waals surface area contributed by atoms with Gasteiger partial charge in [0.2, 0.25) is 5.91 Å². The second kappa shape index (κ2) is 18.8. The van der Waals surface area contributed by atoms with Crippen LogP contribution in [0.5, 0.6) is 0 Å². The summed E-state index contributed by atoms with van der Waals surface area (Å²) >= 11 is 0. The maximum absolute atomic E-state index is 14.4. The number of carbonyl (C=O) groups excluding carboxylic acids is 3. The predicted molar refractivity (Wildman–Crippen MR) is 204 cm³/mol. The van der Waals surface area contributed by atoms with Gasteiger partial charge in [-0.1, -0.05) is 56.3 Å². The number of nitrogens with one attached hydrogen (secondary N) is 1. The number of hydrogen-bond donors (Lipinski definition) is 3. The molecule has 0 unspecified atom stereocenters. The van der Waals surface area contributed by atoms with Crippen LogP contribution in [0.3, 0.4) is 0 Å². The lowest BCUT2D eigenvalue weighted by Gasteiger charge is -2.47. The van der Waals surface area contributed by atoms with Crippen molar-refractivity contribution in [1.29, 1.82) is 0 Å². The lowest BCUT2D eigenvalue weighted by atomic mass is 9.76. The highest BCUT2D eigenvalue weighted by atomic mass is 16.7. The molecule has 4 rings (SSSR count). The monoisotopic (exact) mass is 773 g/mol.